The van der Waals surface area contributed by atoms with E-state index in [1.807, 2.05) is 17.7 Å². The summed E-state index contributed by atoms with van der Waals surface area (Å²) < 4.78 is 15.5. The van der Waals surface area contributed by atoms with Crippen LogP contribution in [0.2, 0.25) is 0 Å². The number of nitrogens with one attached hydrogen (secondary N) is 1. The minimum absolute atomic E-state index is 0.256. The van der Waals surface area contributed by atoms with E-state index >= 15 is 0 Å². The first-order chi connectivity index (χ1) is 8.09. The van der Waals surface area contributed by atoms with Crippen LogP contribution >= 0.6 is 0 Å². The number of hydrogen-bond acceptors (Lipinski definition) is 2. The minimum atomic E-state index is -0.256. The van der Waals surface area contributed by atoms with Crippen LogP contribution in [-0.2, 0) is 13.6 Å². The van der Waals surface area contributed by atoms with Gasteiger partial charge in [-0.2, -0.15) is 0 Å². The molecule has 0 bridgehead atoms. The van der Waals surface area contributed by atoms with Gasteiger partial charge in [0.15, 0.2) is 5.82 Å². The molecule has 1 N–H and O–H groups in total. The molecule has 4 heteroatoms. The van der Waals surface area contributed by atoms with Gasteiger partial charge in [0, 0.05) is 7.05 Å². The van der Waals surface area contributed by atoms with Crippen molar-refractivity contribution in [2.45, 2.75) is 20.4 Å². The van der Waals surface area contributed by atoms with Crippen molar-refractivity contribution in [1.82, 2.24) is 14.9 Å². The van der Waals surface area contributed by atoms with Gasteiger partial charge in [0.1, 0.15) is 11.3 Å². The van der Waals surface area contributed by atoms with Crippen molar-refractivity contribution in [2.24, 2.45) is 13.0 Å². The second-order valence-corrected chi connectivity index (χ2v) is 4.72. The second kappa shape index (κ2) is 4.84. The van der Waals surface area contributed by atoms with E-state index in [1.54, 1.807) is 6.07 Å². The molecule has 0 fully saturated rings. The van der Waals surface area contributed by atoms with Crippen LogP contribution < -0.4 is 5.32 Å². The first kappa shape index (κ1) is 12.0. The molecule has 2 rings (SSSR count). The van der Waals surface area contributed by atoms with Crippen LogP contribution in [0.1, 0.15) is 19.7 Å². The van der Waals surface area contributed by atoms with Crippen LogP contribution in [0.15, 0.2) is 18.2 Å². The summed E-state index contributed by atoms with van der Waals surface area (Å²) in [6.07, 6.45) is 0. The fourth-order valence-corrected chi connectivity index (χ4v) is 1.86. The Bertz CT molecular complexity index is 517. The number of aryl methyl sites for hydroxylation is 1. The van der Waals surface area contributed by atoms with E-state index in [2.05, 4.69) is 24.1 Å². The Morgan fingerprint density at radius 2 is 2.18 bits per heavy atom. The van der Waals surface area contributed by atoms with Gasteiger partial charge in [-0.25, -0.2) is 9.37 Å². The zero-order valence-corrected chi connectivity index (χ0v) is 10.5. The minimum Gasteiger partial charge on any atom is -0.330 e. The van der Waals surface area contributed by atoms with Gasteiger partial charge in [-0.1, -0.05) is 19.9 Å². The fourth-order valence-electron chi connectivity index (χ4n) is 1.86. The lowest BCUT2D eigenvalue weighted by atomic mass is 10.2. The van der Waals surface area contributed by atoms with Gasteiger partial charge in [0.25, 0.3) is 0 Å². The summed E-state index contributed by atoms with van der Waals surface area (Å²) in [6, 6.07) is 5.04. The number of rotatable bonds is 4. The molecule has 0 saturated carbocycles. The molecular formula is C13H18FN3. The van der Waals surface area contributed by atoms with Crippen LogP contribution in [0, 0.1) is 11.7 Å². The Morgan fingerprint density at radius 3 is 2.82 bits per heavy atom. The molecule has 0 aliphatic rings. The molecule has 0 atom stereocenters. The quantitative estimate of drug-likeness (QED) is 0.882. The Hall–Kier alpha value is -1.42. The summed E-state index contributed by atoms with van der Waals surface area (Å²) in [5.74, 6) is 1.21. The molecule has 0 amide bonds. The molecule has 1 aromatic carbocycles. The predicted molar refractivity (Wildman–Crippen MR) is 67.2 cm³/mol. The zero-order chi connectivity index (χ0) is 12.4. The molecule has 17 heavy (non-hydrogen) atoms. The van der Waals surface area contributed by atoms with Gasteiger partial charge >= 0.3 is 0 Å². The van der Waals surface area contributed by atoms with Crippen molar-refractivity contribution in [3.63, 3.8) is 0 Å². The zero-order valence-electron chi connectivity index (χ0n) is 10.5. The number of fused-ring (bicyclic) bond motifs is 1. The third-order valence-electron chi connectivity index (χ3n) is 2.79. The van der Waals surface area contributed by atoms with Crippen molar-refractivity contribution < 1.29 is 4.39 Å². The highest BCUT2D eigenvalue weighted by Crippen LogP contribution is 2.17. The van der Waals surface area contributed by atoms with Crippen LogP contribution in [-0.4, -0.2) is 16.1 Å². The maximum absolute atomic E-state index is 13.5. The molecule has 2 aromatic rings. The highest BCUT2D eigenvalue weighted by molar-refractivity contribution is 5.76. The Labute approximate surface area is 101 Å². The van der Waals surface area contributed by atoms with Crippen molar-refractivity contribution in [3.05, 3.63) is 29.8 Å². The number of hydrogen-bond donors (Lipinski definition) is 1. The van der Waals surface area contributed by atoms with Crippen LogP contribution in [0.25, 0.3) is 11.0 Å². The van der Waals surface area contributed by atoms with Crippen molar-refractivity contribution in [3.8, 4) is 0 Å². The third-order valence-corrected chi connectivity index (χ3v) is 2.79. The summed E-state index contributed by atoms with van der Waals surface area (Å²) in [5.41, 5.74) is 1.29. The second-order valence-electron chi connectivity index (χ2n) is 4.72. The standard InChI is InChI=1S/C13H18FN3/c1-9(2)7-15-8-12-16-13-10(14)5-4-6-11(13)17(12)3/h4-6,9,15H,7-8H2,1-3H3. The van der Waals surface area contributed by atoms with Gasteiger partial charge in [-0.15, -0.1) is 0 Å². The molecule has 0 saturated heterocycles. The highest BCUT2D eigenvalue weighted by atomic mass is 19.1. The topological polar surface area (TPSA) is 29.9 Å². The van der Waals surface area contributed by atoms with E-state index < -0.39 is 0 Å². The predicted octanol–water partition coefficient (Wildman–Crippen LogP) is 2.46. The largest absolute Gasteiger partial charge is 0.330 e. The van der Waals surface area contributed by atoms with E-state index in [4.69, 9.17) is 0 Å². The molecule has 1 aromatic heterocycles. The average Bonchev–Trinajstić information content (AvgIpc) is 2.58. The van der Waals surface area contributed by atoms with E-state index in [-0.39, 0.29) is 5.82 Å². The number of aromatic nitrogens is 2. The molecule has 92 valence electrons. The lowest BCUT2D eigenvalue weighted by Crippen LogP contribution is -2.20. The maximum atomic E-state index is 13.5. The smallest absolute Gasteiger partial charge is 0.151 e. The van der Waals surface area contributed by atoms with Gasteiger partial charge < -0.3 is 9.88 Å². The number of benzene rings is 1. The van der Waals surface area contributed by atoms with E-state index in [0.717, 1.165) is 17.9 Å². The molecule has 0 spiro atoms. The van der Waals surface area contributed by atoms with Crippen molar-refractivity contribution in [1.29, 1.82) is 0 Å². The fraction of sp³-hybridized carbons (Fsp3) is 0.462. The van der Waals surface area contributed by atoms with Crippen molar-refractivity contribution in [2.75, 3.05) is 6.54 Å². The number of nitrogens with zero attached hydrogens (tertiary/aromatic N) is 2. The number of halogens is 1. The summed E-state index contributed by atoms with van der Waals surface area (Å²) in [7, 11) is 1.92. The van der Waals surface area contributed by atoms with Gasteiger partial charge in [0.2, 0.25) is 0 Å². The Morgan fingerprint density at radius 1 is 1.41 bits per heavy atom. The summed E-state index contributed by atoms with van der Waals surface area (Å²) >= 11 is 0. The van der Waals surface area contributed by atoms with E-state index in [9.17, 15) is 4.39 Å². The molecule has 1 heterocycles. The van der Waals surface area contributed by atoms with Gasteiger partial charge in [-0.3, -0.25) is 0 Å². The summed E-state index contributed by atoms with van der Waals surface area (Å²) in [5, 5.41) is 3.32. The van der Waals surface area contributed by atoms with Crippen LogP contribution in [0.3, 0.4) is 0 Å². The number of imidazole rings is 1. The SMILES string of the molecule is CC(C)CNCc1nc2c(F)cccc2n1C. The lowest BCUT2D eigenvalue weighted by molar-refractivity contribution is 0.538. The van der Waals surface area contributed by atoms with Gasteiger partial charge in [0.05, 0.1) is 12.1 Å². The first-order valence-corrected chi connectivity index (χ1v) is 5.90. The monoisotopic (exact) mass is 235 g/mol. The van der Waals surface area contributed by atoms with Gasteiger partial charge in [-0.05, 0) is 24.6 Å². The molecule has 0 unspecified atom stereocenters. The lowest BCUT2D eigenvalue weighted by Gasteiger charge is -2.07. The molecule has 0 aliphatic carbocycles. The molecule has 0 radical (unpaired) electrons. The number of para-hydroxylation sites is 1. The van der Waals surface area contributed by atoms with Crippen LogP contribution in [0.4, 0.5) is 4.39 Å². The third kappa shape index (κ3) is 2.47. The van der Waals surface area contributed by atoms with E-state index in [0.29, 0.717) is 18.0 Å². The Balaban J connectivity index is 2.23. The molecular weight excluding hydrogens is 217 g/mol. The maximum Gasteiger partial charge on any atom is 0.151 e. The Kier molecular flexibility index (Phi) is 3.43. The first-order valence-electron chi connectivity index (χ1n) is 5.90. The summed E-state index contributed by atoms with van der Waals surface area (Å²) in [6.45, 7) is 5.91. The molecule has 0 aliphatic heterocycles. The normalized spacial score (nSPS) is 11.6. The summed E-state index contributed by atoms with van der Waals surface area (Å²) in [4.78, 5) is 4.33. The average molecular weight is 235 g/mol. The highest BCUT2D eigenvalue weighted by Gasteiger charge is 2.10. The van der Waals surface area contributed by atoms with Crippen molar-refractivity contribution >= 4 is 11.0 Å². The molecule has 3 nitrogen and oxygen atoms in total. The van der Waals surface area contributed by atoms with E-state index in [1.165, 1.54) is 6.07 Å². The van der Waals surface area contributed by atoms with Crippen LogP contribution in [0.5, 0.6) is 0 Å².